The van der Waals surface area contributed by atoms with Crippen LogP contribution >= 0.6 is 27.5 Å². The third-order valence-electron chi connectivity index (χ3n) is 3.28. The molecule has 0 aliphatic rings. The average Bonchev–Trinajstić information content (AvgIpc) is 2.37. The van der Waals surface area contributed by atoms with Crippen LogP contribution in [0.2, 0.25) is 5.02 Å². The maximum Gasteiger partial charge on any atom is 0.0410 e. The molecular formula is C15H23BrClN. The minimum absolute atomic E-state index is 0.389. The molecule has 0 aliphatic carbocycles. The molecule has 1 atom stereocenters. The molecule has 1 aromatic carbocycles. The normalized spacial score (nSPS) is 12.7. The van der Waals surface area contributed by atoms with E-state index in [1.54, 1.807) is 0 Å². The maximum atomic E-state index is 6.07. The molecule has 1 N–H and O–H groups in total. The first-order chi connectivity index (χ1) is 8.69. The molecule has 0 bridgehead atoms. The van der Waals surface area contributed by atoms with Gasteiger partial charge >= 0.3 is 0 Å². The van der Waals surface area contributed by atoms with Gasteiger partial charge in [-0.2, -0.15) is 0 Å². The Morgan fingerprint density at radius 3 is 2.61 bits per heavy atom. The first-order valence-electron chi connectivity index (χ1n) is 6.81. The van der Waals surface area contributed by atoms with Crippen molar-refractivity contribution >= 4 is 27.5 Å². The van der Waals surface area contributed by atoms with Gasteiger partial charge in [-0.05, 0) is 37.2 Å². The zero-order valence-electron chi connectivity index (χ0n) is 11.3. The van der Waals surface area contributed by atoms with E-state index in [9.17, 15) is 0 Å². The van der Waals surface area contributed by atoms with E-state index < -0.39 is 0 Å². The van der Waals surface area contributed by atoms with Crippen LogP contribution in [0.15, 0.2) is 22.7 Å². The summed E-state index contributed by atoms with van der Waals surface area (Å²) in [7, 11) is 2.02. The third kappa shape index (κ3) is 5.29. The van der Waals surface area contributed by atoms with Crippen LogP contribution < -0.4 is 5.32 Å². The highest BCUT2D eigenvalue weighted by Gasteiger charge is 2.12. The summed E-state index contributed by atoms with van der Waals surface area (Å²) >= 11 is 9.68. The van der Waals surface area contributed by atoms with Crippen molar-refractivity contribution in [2.75, 3.05) is 7.05 Å². The van der Waals surface area contributed by atoms with Crippen molar-refractivity contribution in [2.24, 2.45) is 0 Å². The van der Waals surface area contributed by atoms with E-state index >= 15 is 0 Å². The lowest BCUT2D eigenvalue weighted by molar-refractivity contribution is 0.499. The van der Waals surface area contributed by atoms with Crippen molar-refractivity contribution in [3.05, 3.63) is 33.3 Å². The highest BCUT2D eigenvalue weighted by atomic mass is 79.9. The van der Waals surface area contributed by atoms with Gasteiger partial charge < -0.3 is 5.32 Å². The standard InChI is InChI=1S/C15H23BrClN/c1-3-4-5-6-7-8-15(18-2)13-11-12(17)9-10-14(13)16/h9-11,15,18H,3-8H2,1-2H3. The lowest BCUT2D eigenvalue weighted by Crippen LogP contribution is -2.16. The Bertz CT molecular complexity index is 354. The van der Waals surface area contributed by atoms with E-state index in [1.807, 2.05) is 19.2 Å². The number of rotatable bonds is 8. The fraction of sp³-hybridized carbons (Fsp3) is 0.600. The molecule has 0 aromatic heterocycles. The summed E-state index contributed by atoms with van der Waals surface area (Å²) < 4.78 is 1.14. The van der Waals surface area contributed by atoms with Gasteiger partial charge in [-0.25, -0.2) is 0 Å². The minimum Gasteiger partial charge on any atom is -0.313 e. The molecule has 0 amide bonds. The van der Waals surface area contributed by atoms with Gasteiger partial charge in [0.1, 0.15) is 0 Å². The zero-order valence-corrected chi connectivity index (χ0v) is 13.6. The summed E-state index contributed by atoms with van der Waals surface area (Å²) in [6.07, 6.45) is 7.76. The quantitative estimate of drug-likeness (QED) is 0.600. The molecule has 0 heterocycles. The van der Waals surface area contributed by atoms with Gasteiger partial charge in [0.05, 0.1) is 0 Å². The van der Waals surface area contributed by atoms with Crippen LogP contribution in [-0.4, -0.2) is 7.05 Å². The van der Waals surface area contributed by atoms with Gasteiger partial charge in [-0.1, -0.05) is 66.6 Å². The van der Waals surface area contributed by atoms with Gasteiger partial charge in [-0.3, -0.25) is 0 Å². The SMILES string of the molecule is CCCCCCCC(NC)c1cc(Cl)ccc1Br. The number of unbranched alkanes of at least 4 members (excludes halogenated alkanes) is 4. The van der Waals surface area contributed by atoms with Gasteiger partial charge in [0.25, 0.3) is 0 Å². The van der Waals surface area contributed by atoms with Crippen molar-refractivity contribution in [2.45, 2.75) is 51.5 Å². The molecule has 1 nitrogen and oxygen atoms in total. The third-order valence-corrected chi connectivity index (χ3v) is 4.24. The number of hydrogen-bond donors (Lipinski definition) is 1. The highest BCUT2D eigenvalue weighted by molar-refractivity contribution is 9.10. The second kappa shape index (κ2) is 8.95. The lowest BCUT2D eigenvalue weighted by Gasteiger charge is -2.18. The molecule has 0 aliphatic heterocycles. The Balaban J connectivity index is 2.52. The van der Waals surface area contributed by atoms with Crippen LogP contribution in [0.5, 0.6) is 0 Å². The predicted molar refractivity (Wildman–Crippen MR) is 84.3 cm³/mol. The van der Waals surface area contributed by atoms with Crippen LogP contribution in [0.3, 0.4) is 0 Å². The highest BCUT2D eigenvalue weighted by Crippen LogP contribution is 2.29. The minimum atomic E-state index is 0.389. The smallest absolute Gasteiger partial charge is 0.0410 e. The number of benzene rings is 1. The van der Waals surface area contributed by atoms with Crippen molar-refractivity contribution in [3.8, 4) is 0 Å². The first kappa shape index (κ1) is 16.0. The molecule has 1 aromatic rings. The molecule has 102 valence electrons. The van der Waals surface area contributed by atoms with E-state index in [0.717, 1.165) is 9.50 Å². The van der Waals surface area contributed by atoms with Gasteiger partial charge in [0.15, 0.2) is 0 Å². The van der Waals surface area contributed by atoms with Crippen molar-refractivity contribution in [3.63, 3.8) is 0 Å². The van der Waals surface area contributed by atoms with Crippen LogP contribution in [0.1, 0.15) is 57.1 Å². The molecule has 1 rings (SSSR count). The molecule has 0 saturated carbocycles. The number of halogens is 2. The zero-order chi connectivity index (χ0) is 13.4. The summed E-state index contributed by atoms with van der Waals surface area (Å²) in [5.41, 5.74) is 1.26. The first-order valence-corrected chi connectivity index (χ1v) is 7.98. The summed E-state index contributed by atoms with van der Waals surface area (Å²) in [6, 6.07) is 6.39. The molecule has 0 radical (unpaired) electrons. The topological polar surface area (TPSA) is 12.0 Å². The van der Waals surface area contributed by atoms with E-state index in [0.29, 0.717) is 6.04 Å². The Kier molecular flexibility index (Phi) is 7.96. The summed E-state index contributed by atoms with van der Waals surface area (Å²) in [6.45, 7) is 2.25. The Morgan fingerprint density at radius 1 is 1.22 bits per heavy atom. The van der Waals surface area contributed by atoms with Crippen molar-refractivity contribution in [1.29, 1.82) is 0 Å². The van der Waals surface area contributed by atoms with Gasteiger partial charge in [0, 0.05) is 15.5 Å². The fourth-order valence-corrected chi connectivity index (χ4v) is 2.89. The average molecular weight is 333 g/mol. The van der Waals surface area contributed by atoms with Crippen LogP contribution in [-0.2, 0) is 0 Å². The number of nitrogens with one attached hydrogen (secondary N) is 1. The van der Waals surface area contributed by atoms with Gasteiger partial charge in [-0.15, -0.1) is 0 Å². The van der Waals surface area contributed by atoms with E-state index in [4.69, 9.17) is 11.6 Å². The maximum absolute atomic E-state index is 6.07. The van der Waals surface area contributed by atoms with Crippen LogP contribution in [0.4, 0.5) is 0 Å². The molecule has 1 unspecified atom stereocenters. The molecule has 3 heteroatoms. The largest absolute Gasteiger partial charge is 0.313 e. The molecular weight excluding hydrogens is 310 g/mol. The summed E-state index contributed by atoms with van der Waals surface area (Å²) in [4.78, 5) is 0. The molecule has 0 spiro atoms. The molecule has 18 heavy (non-hydrogen) atoms. The van der Waals surface area contributed by atoms with E-state index in [1.165, 1.54) is 44.1 Å². The fourth-order valence-electron chi connectivity index (χ4n) is 2.19. The Hall–Kier alpha value is -0.0500. The second-order valence-electron chi connectivity index (χ2n) is 4.71. The monoisotopic (exact) mass is 331 g/mol. The summed E-state index contributed by atoms with van der Waals surface area (Å²) in [5.74, 6) is 0. The van der Waals surface area contributed by atoms with Crippen molar-refractivity contribution in [1.82, 2.24) is 5.32 Å². The second-order valence-corrected chi connectivity index (χ2v) is 6.00. The van der Waals surface area contributed by atoms with Crippen LogP contribution in [0.25, 0.3) is 0 Å². The van der Waals surface area contributed by atoms with E-state index in [-0.39, 0.29) is 0 Å². The number of hydrogen-bond acceptors (Lipinski definition) is 1. The van der Waals surface area contributed by atoms with Crippen LogP contribution in [0, 0.1) is 0 Å². The Morgan fingerprint density at radius 2 is 1.94 bits per heavy atom. The van der Waals surface area contributed by atoms with Gasteiger partial charge in [0.2, 0.25) is 0 Å². The Labute approximate surface area is 124 Å². The lowest BCUT2D eigenvalue weighted by atomic mass is 10.00. The molecule has 0 fully saturated rings. The molecule has 0 saturated heterocycles. The van der Waals surface area contributed by atoms with E-state index in [2.05, 4.69) is 34.2 Å². The van der Waals surface area contributed by atoms with Crippen molar-refractivity contribution < 1.29 is 0 Å². The predicted octanol–water partition coefficient (Wildman–Crippen LogP) is 5.72. The summed E-state index contributed by atoms with van der Waals surface area (Å²) in [5, 5.41) is 4.19.